The van der Waals surface area contributed by atoms with Gasteiger partial charge in [-0.15, -0.1) is 0 Å². The maximum Gasteiger partial charge on any atom is 0.219 e. The molecule has 0 aromatic carbocycles. The van der Waals surface area contributed by atoms with Crippen LogP contribution in [0.1, 0.15) is 38.2 Å². The number of likely N-dealkylation sites (tertiary alicyclic amines) is 1. The van der Waals surface area contributed by atoms with Gasteiger partial charge in [0, 0.05) is 55.4 Å². The number of aryl methyl sites for hydroxylation is 1. The fourth-order valence-corrected chi connectivity index (χ4v) is 4.30. The molecule has 3 aromatic heterocycles. The second kappa shape index (κ2) is 8.76. The summed E-state index contributed by atoms with van der Waals surface area (Å²) in [5, 5.41) is 4.29. The summed E-state index contributed by atoms with van der Waals surface area (Å²) in [5.41, 5.74) is 0.596. The summed E-state index contributed by atoms with van der Waals surface area (Å²) in [6, 6.07) is 5.34. The van der Waals surface area contributed by atoms with Crippen LogP contribution in [-0.4, -0.2) is 43.2 Å². The molecule has 1 aliphatic heterocycles. The van der Waals surface area contributed by atoms with Gasteiger partial charge in [-0.1, -0.05) is 18.5 Å². The summed E-state index contributed by atoms with van der Waals surface area (Å²) in [4.78, 5) is 26.8. The fourth-order valence-electron chi connectivity index (χ4n) is 3.45. The van der Waals surface area contributed by atoms with Crippen LogP contribution >= 0.6 is 23.1 Å². The normalized spacial score (nSPS) is 15.5. The molecule has 0 spiro atoms. The number of ether oxygens (including phenoxy) is 1. The fraction of sp³-hybridized carbons (Fsp3) is 0.381. The molecule has 0 unspecified atom stereocenters. The molecule has 0 bridgehead atoms. The Morgan fingerprint density at radius 1 is 1.29 bits per heavy atom. The first kappa shape index (κ1) is 21.5. The minimum absolute atomic E-state index is 0.112. The van der Waals surface area contributed by atoms with E-state index in [-0.39, 0.29) is 11.3 Å². The summed E-state index contributed by atoms with van der Waals surface area (Å²) in [5.74, 6) is 2.48. The lowest BCUT2D eigenvalue weighted by molar-refractivity contribution is -0.130. The standard InChI is InChI=1S/C21H23ClN6O2S/c1-13-16(5-4-8-23-13)30-17-11-15(22)12-24-18(17)25-20-26-19(27-31-20)21(3)6-9-28(10-7-21)14(2)29/h4-5,8,11-12H,6-7,9-10H2,1-3H3,(H,24,25,26,27). The number of piperidine rings is 1. The van der Waals surface area contributed by atoms with Crippen molar-refractivity contribution in [3.8, 4) is 11.5 Å². The van der Waals surface area contributed by atoms with Crippen LogP contribution in [0.3, 0.4) is 0 Å². The Hall–Kier alpha value is -2.78. The molecule has 4 heterocycles. The topological polar surface area (TPSA) is 93.1 Å². The Bertz CT molecular complexity index is 1100. The summed E-state index contributed by atoms with van der Waals surface area (Å²) >= 11 is 7.42. The molecule has 1 fully saturated rings. The van der Waals surface area contributed by atoms with E-state index in [9.17, 15) is 4.79 Å². The summed E-state index contributed by atoms with van der Waals surface area (Å²) < 4.78 is 10.6. The van der Waals surface area contributed by atoms with Crippen molar-refractivity contribution in [3.05, 3.63) is 47.1 Å². The first-order valence-corrected chi connectivity index (χ1v) is 11.1. The van der Waals surface area contributed by atoms with Crippen LogP contribution in [0.25, 0.3) is 0 Å². The number of aromatic nitrogens is 4. The quantitative estimate of drug-likeness (QED) is 0.590. The number of rotatable bonds is 5. The lowest BCUT2D eigenvalue weighted by atomic mass is 9.79. The van der Waals surface area contributed by atoms with Crippen LogP contribution in [0, 0.1) is 6.92 Å². The molecule has 31 heavy (non-hydrogen) atoms. The van der Waals surface area contributed by atoms with Crippen LogP contribution < -0.4 is 10.1 Å². The molecule has 4 rings (SSSR count). The van der Waals surface area contributed by atoms with Crippen molar-refractivity contribution in [2.75, 3.05) is 18.4 Å². The molecule has 8 nitrogen and oxygen atoms in total. The molecule has 0 saturated carbocycles. The molecule has 162 valence electrons. The third-order valence-electron chi connectivity index (χ3n) is 5.50. The number of hydrogen-bond donors (Lipinski definition) is 1. The highest BCUT2D eigenvalue weighted by Gasteiger charge is 2.36. The Kier molecular flexibility index (Phi) is 6.06. The maximum absolute atomic E-state index is 11.6. The zero-order valence-corrected chi connectivity index (χ0v) is 19.1. The van der Waals surface area contributed by atoms with Gasteiger partial charge >= 0.3 is 0 Å². The average Bonchev–Trinajstić information content (AvgIpc) is 3.21. The van der Waals surface area contributed by atoms with E-state index < -0.39 is 0 Å². The van der Waals surface area contributed by atoms with Gasteiger partial charge in [-0.2, -0.15) is 4.37 Å². The van der Waals surface area contributed by atoms with Crippen LogP contribution in [0.5, 0.6) is 11.5 Å². The zero-order chi connectivity index (χ0) is 22.0. The predicted octanol–water partition coefficient (Wildman–Crippen LogP) is 4.73. The highest BCUT2D eigenvalue weighted by Crippen LogP contribution is 2.37. The molecule has 0 aliphatic carbocycles. The number of amides is 1. The first-order chi connectivity index (χ1) is 14.8. The third kappa shape index (κ3) is 4.77. The SMILES string of the molecule is CC(=O)N1CCC(C)(c2nsc(Nc3ncc(Cl)cc3Oc3cccnc3C)n2)CC1. The van der Waals surface area contributed by atoms with Gasteiger partial charge < -0.3 is 15.0 Å². The van der Waals surface area contributed by atoms with E-state index in [1.807, 2.05) is 24.0 Å². The summed E-state index contributed by atoms with van der Waals surface area (Å²) in [6.45, 7) is 7.06. The van der Waals surface area contributed by atoms with Gasteiger partial charge in [-0.05, 0) is 31.9 Å². The summed E-state index contributed by atoms with van der Waals surface area (Å²) in [7, 11) is 0. The van der Waals surface area contributed by atoms with E-state index in [1.165, 1.54) is 11.5 Å². The van der Waals surface area contributed by atoms with Crippen LogP contribution in [0.4, 0.5) is 10.9 Å². The first-order valence-electron chi connectivity index (χ1n) is 9.96. The van der Waals surface area contributed by atoms with Crippen molar-refractivity contribution < 1.29 is 9.53 Å². The zero-order valence-electron chi connectivity index (χ0n) is 17.6. The molecule has 1 aliphatic rings. The van der Waals surface area contributed by atoms with Crippen LogP contribution in [0.15, 0.2) is 30.6 Å². The third-order valence-corrected chi connectivity index (χ3v) is 6.34. The van der Waals surface area contributed by atoms with Gasteiger partial charge in [0.15, 0.2) is 17.4 Å². The highest BCUT2D eigenvalue weighted by atomic mass is 35.5. The number of nitrogens with one attached hydrogen (secondary N) is 1. The lowest BCUT2D eigenvalue weighted by Gasteiger charge is -2.37. The number of pyridine rings is 2. The van der Waals surface area contributed by atoms with E-state index in [0.717, 1.165) is 37.4 Å². The average molecular weight is 459 g/mol. The minimum Gasteiger partial charge on any atom is -0.452 e. The largest absolute Gasteiger partial charge is 0.452 e. The molecular formula is C21H23ClN6O2S. The van der Waals surface area contributed by atoms with Crippen molar-refractivity contribution in [2.24, 2.45) is 0 Å². The Morgan fingerprint density at radius 2 is 2.06 bits per heavy atom. The number of anilines is 2. The Labute approximate surface area is 189 Å². The van der Waals surface area contributed by atoms with Crippen LogP contribution in [0.2, 0.25) is 5.02 Å². The van der Waals surface area contributed by atoms with Gasteiger partial charge in [-0.3, -0.25) is 9.78 Å². The van der Waals surface area contributed by atoms with Crippen molar-refractivity contribution in [1.82, 2.24) is 24.2 Å². The Balaban J connectivity index is 1.53. The molecule has 1 N–H and O–H groups in total. The van der Waals surface area contributed by atoms with Gasteiger partial charge in [0.2, 0.25) is 11.0 Å². The molecule has 3 aromatic rings. The van der Waals surface area contributed by atoms with Crippen molar-refractivity contribution in [1.29, 1.82) is 0 Å². The molecule has 1 amide bonds. The molecule has 0 radical (unpaired) electrons. The molecular weight excluding hydrogens is 436 g/mol. The van der Waals surface area contributed by atoms with E-state index in [2.05, 4.69) is 26.6 Å². The van der Waals surface area contributed by atoms with Crippen LogP contribution in [-0.2, 0) is 10.2 Å². The second-order valence-corrected chi connectivity index (χ2v) is 8.99. The second-order valence-electron chi connectivity index (χ2n) is 7.80. The number of hydrogen-bond acceptors (Lipinski definition) is 8. The van der Waals surface area contributed by atoms with Gasteiger partial charge in [0.05, 0.1) is 10.7 Å². The van der Waals surface area contributed by atoms with Crippen molar-refractivity contribution >= 4 is 40.0 Å². The highest BCUT2D eigenvalue weighted by molar-refractivity contribution is 7.09. The van der Waals surface area contributed by atoms with Gasteiger partial charge in [0.25, 0.3) is 0 Å². The molecule has 10 heteroatoms. The predicted molar refractivity (Wildman–Crippen MR) is 120 cm³/mol. The van der Waals surface area contributed by atoms with E-state index >= 15 is 0 Å². The minimum atomic E-state index is -0.165. The van der Waals surface area contributed by atoms with E-state index in [0.29, 0.717) is 27.5 Å². The maximum atomic E-state index is 11.6. The van der Waals surface area contributed by atoms with Crippen molar-refractivity contribution in [2.45, 2.75) is 39.0 Å². The number of carbonyl (C=O) groups is 1. The number of carbonyl (C=O) groups excluding carboxylic acids is 1. The molecule has 0 atom stereocenters. The molecule has 1 saturated heterocycles. The Morgan fingerprint density at radius 3 is 2.77 bits per heavy atom. The number of halogens is 1. The van der Waals surface area contributed by atoms with E-state index in [4.69, 9.17) is 21.3 Å². The smallest absolute Gasteiger partial charge is 0.219 e. The van der Waals surface area contributed by atoms with Crippen molar-refractivity contribution in [3.63, 3.8) is 0 Å². The number of nitrogens with zero attached hydrogens (tertiary/aromatic N) is 5. The van der Waals surface area contributed by atoms with E-state index in [1.54, 1.807) is 25.4 Å². The monoisotopic (exact) mass is 458 g/mol. The lowest BCUT2D eigenvalue weighted by Crippen LogP contribution is -2.43. The summed E-state index contributed by atoms with van der Waals surface area (Å²) in [6.07, 6.45) is 4.92. The van der Waals surface area contributed by atoms with Gasteiger partial charge in [0.1, 0.15) is 5.75 Å². The van der Waals surface area contributed by atoms with Gasteiger partial charge in [-0.25, -0.2) is 9.97 Å².